The average Bonchev–Trinajstić information content (AvgIpc) is 2.59. The molecule has 2 atom stereocenters. The number of aliphatic hydroxyl groups excluding tert-OH is 1. The Labute approximate surface area is 136 Å². The van der Waals surface area contributed by atoms with E-state index >= 15 is 0 Å². The Morgan fingerprint density at radius 3 is 2.57 bits per heavy atom. The molecule has 6 heteroatoms. The van der Waals surface area contributed by atoms with Crippen LogP contribution in [0.25, 0.3) is 0 Å². The lowest BCUT2D eigenvalue weighted by Crippen LogP contribution is -2.70. The molecule has 1 N–H and O–H groups in total. The van der Waals surface area contributed by atoms with E-state index < -0.39 is 12.1 Å². The van der Waals surface area contributed by atoms with E-state index in [1.54, 1.807) is 11.9 Å². The van der Waals surface area contributed by atoms with E-state index in [2.05, 4.69) is 17.0 Å². The molecule has 0 spiro atoms. The van der Waals surface area contributed by atoms with Crippen molar-refractivity contribution in [1.29, 1.82) is 0 Å². The predicted octanol–water partition coefficient (Wildman–Crippen LogP) is -0.425. The molecule has 6 nitrogen and oxygen atoms in total. The highest BCUT2D eigenvalue weighted by molar-refractivity contribution is 5.97. The molecule has 3 rings (SSSR count). The summed E-state index contributed by atoms with van der Waals surface area (Å²) in [4.78, 5) is 30.2. The van der Waals surface area contributed by atoms with Gasteiger partial charge in [0.15, 0.2) is 0 Å². The van der Waals surface area contributed by atoms with Gasteiger partial charge in [0, 0.05) is 33.2 Å². The maximum Gasteiger partial charge on any atom is 0.248 e. The fourth-order valence-electron chi connectivity index (χ4n) is 3.40. The van der Waals surface area contributed by atoms with Crippen LogP contribution in [-0.4, -0.2) is 83.5 Å². The minimum Gasteiger partial charge on any atom is -0.394 e. The highest BCUT2D eigenvalue weighted by atomic mass is 16.3. The third-order valence-corrected chi connectivity index (χ3v) is 4.87. The number of amides is 2. The van der Waals surface area contributed by atoms with Crippen LogP contribution in [0.2, 0.25) is 0 Å². The Morgan fingerprint density at radius 1 is 1.13 bits per heavy atom. The van der Waals surface area contributed by atoms with Gasteiger partial charge in [-0.1, -0.05) is 30.3 Å². The van der Waals surface area contributed by atoms with Crippen LogP contribution in [0.15, 0.2) is 30.3 Å². The quantitative estimate of drug-likeness (QED) is 0.819. The normalized spacial score (nSPS) is 25.7. The lowest BCUT2D eigenvalue weighted by Gasteiger charge is -2.48. The van der Waals surface area contributed by atoms with E-state index in [4.69, 9.17) is 0 Å². The smallest absolute Gasteiger partial charge is 0.248 e. The molecule has 0 bridgehead atoms. The van der Waals surface area contributed by atoms with Crippen LogP contribution in [0, 0.1) is 0 Å². The van der Waals surface area contributed by atoms with Crippen LogP contribution < -0.4 is 0 Å². The van der Waals surface area contributed by atoms with Gasteiger partial charge in [-0.2, -0.15) is 0 Å². The number of hydrogen-bond acceptors (Lipinski definition) is 4. The fourth-order valence-corrected chi connectivity index (χ4v) is 3.40. The number of fused-ring (bicyclic) bond motifs is 1. The molecule has 0 radical (unpaired) electrons. The van der Waals surface area contributed by atoms with Gasteiger partial charge in [-0.25, -0.2) is 0 Å². The van der Waals surface area contributed by atoms with E-state index in [0.29, 0.717) is 13.1 Å². The van der Waals surface area contributed by atoms with Gasteiger partial charge >= 0.3 is 0 Å². The molecular formula is C17H23N3O3. The number of hydrogen-bond donors (Lipinski definition) is 1. The lowest BCUT2D eigenvalue weighted by atomic mass is 10.0. The zero-order chi connectivity index (χ0) is 16.4. The minimum atomic E-state index is -0.727. The van der Waals surface area contributed by atoms with Crippen molar-refractivity contribution in [3.8, 4) is 0 Å². The number of piperazine rings is 2. The van der Waals surface area contributed by atoms with Crippen molar-refractivity contribution in [1.82, 2.24) is 14.7 Å². The van der Waals surface area contributed by atoms with Crippen molar-refractivity contribution >= 4 is 11.8 Å². The molecule has 2 fully saturated rings. The first-order valence-corrected chi connectivity index (χ1v) is 8.06. The van der Waals surface area contributed by atoms with Gasteiger partial charge in [0.25, 0.3) is 0 Å². The number of aliphatic hydroxyl groups is 1. The summed E-state index contributed by atoms with van der Waals surface area (Å²) in [5, 5.41) is 9.35. The van der Waals surface area contributed by atoms with Crippen LogP contribution in [0.3, 0.4) is 0 Å². The maximum atomic E-state index is 12.5. The van der Waals surface area contributed by atoms with Gasteiger partial charge in [-0.15, -0.1) is 0 Å². The fraction of sp³-hybridized carbons (Fsp3) is 0.529. The van der Waals surface area contributed by atoms with Gasteiger partial charge in [0.2, 0.25) is 11.8 Å². The summed E-state index contributed by atoms with van der Waals surface area (Å²) >= 11 is 0. The number of likely N-dealkylation sites (N-methyl/N-ethyl adjacent to an activating group) is 1. The van der Waals surface area contributed by atoms with Crippen molar-refractivity contribution in [2.45, 2.75) is 18.5 Å². The van der Waals surface area contributed by atoms with Gasteiger partial charge in [-0.3, -0.25) is 14.5 Å². The van der Waals surface area contributed by atoms with Crippen molar-refractivity contribution < 1.29 is 14.7 Å². The molecule has 0 unspecified atom stereocenters. The summed E-state index contributed by atoms with van der Waals surface area (Å²) in [6.45, 7) is 2.45. The summed E-state index contributed by atoms with van der Waals surface area (Å²) in [6, 6.07) is 9.12. The molecule has 2 heterocycles. The van der Waals surface area contributed by atoms with Crippen LogP contribution in [-0.2, 0) is 16.0 Å². The van der Waals surface area contributed by atoms with Crippen LogP contribution in [0.1, 0.15) is 5.56 Å². The molecule has 0 aromatic heterocycles. The number of benzene rings is 1. The molecular weight excluding hydrogens is 294 g/mol. The summed E-state index contributed by atoms with van der Waals surface area (Å²) < 4.78 is 0. The third kappa shape index (κ3) is 3.09. The summed E-state index contributed by atoms with van der Waals surface area (Å²) in [5.41, 5.74) is 1.28. The van der Waals surface area contributed by atoms with E-state index in [0.717, 1.165) is 19.5 Å². The number of carbonyl (C=O) groups is 2. The number of carbonyl (C=O) groups excluding carboxylic acids is 2. The molecule has 1 aromatic rings. The highest BCUT2D eigenvalue weighted by Gasteiger charge is 2.46. The molecule has 0 saturated carbocycles. The molecule has 2 saturated heterocycles. The first-order valence-electron chi connectivity index (χ1n) is 8.06. The van der Waals surface area contributed by atoms with Crippen molar-refractivity contribution in [3.05, 3.63) is 35.9 Å². The third-order valence-electron chi connectivity index (χ3n) is 4.87. The van der Waals surface area contributed by atoms with Crippen LogP contribution in [0.5, 0.6) is 0 Å². The minimum absolute atomic E-state index is 0.0759. The second kappa shape index (κ2) is 6.68. The second-order valence-corrected chi connectivity index (χ2v) is 6.23. The zero-order valence-corrected chi connectivity index (χ0v) is 13.4. The monoisotopic (exact) mass is 317 g/mol. The Kier molecular flexibility index (Phi) is 4.63. The molecule has 2 aliphatic rings. The Morgan fingerprint density at radius 2 is 1.87 bits per heavy atom. The second-order valence-electron chi connectivity index (χ2n) is 6.23. The molecule has 23 heavy (non-hydrogen) atoms. The molecule has 0 aliphatic carbocycles. The zero-order valence-electron chi connectivity index (χ0n) is 13.4. The van der Waals surface area contributed by atoms with Gasteiger partial charge in [-0.05, 0) is 12.0 Å². The van der Waals surface area contributed by atoms with E-state index in [9.17, 15) is 14.7 Å². The van der Waals surface area contributed by atoms with Crippen molar-refractivity contribution in [2.24, 2.45) is 0 Å². The molecule has 1 aromatic carbocycles. The largest absolute Gasteiger partial charge is 0.394 e. The molecule has 2 amide bonds. The van der Waals surface area contributed by atoms with E-state index in [-0.39, 0.29) is 18.4 Å². The Bertz CT molecular complexity index is 578. The van der Waals surface area contributed by atoms with E-state index in [1.165, 1.54) is 10.5 Å². The first-order chi connectivity index (χ1) is 11.1. The van der Waals surface area contributed by atoms with E-state index in [1.807, 2.05) is 18.2 Å². The maximum absolute atomic E-state index is 12.5. The van der Waals surface area contributed by atoms with Gasteiger partial charge < -0.3 is 14.9 Å². The summed E-state index contributed by atoms with van der Waals surface area (Å²) in [5.74, 6) is -0.213. The summed E-state index contributed by atoms with van der Waals surface area (Å²) in [7, 11) is 1.60. The standard InChI is InChI=1S/C17H23N3O3/c1-18-15(12-21)17(23)20-10-9-19(11-14(20)16(18)22)8-7-13-5-3-2-4-6-13/h2-6,14-15,21H,7-12H2,1H3/t14-,15+/m1/s1. The van der Waals surface area contributed by atoms with Crippen LogP contribution in [0.4, 0.5) is 0 Å². The van der Waals surface area contributed by atoms with Gasteiger partial charge in [0.05, 0.1) is 6.61 Å². The average molecular weight is 317 g/mol. The SMILES string of the molecule is CN1C(=O)[C@H]2CN(CCc3ccccc3)CCN2C(=O)[C@@H]1CO. The number of nitrogens with zero attached hydrogens (tertiary/aromatic N) is 3. The predicted molar refractivity (Wildman–Crippen MR) is 85.7 cm³/mol. The first kappa shape index (κ1) is 16.0. The molecule has 124 valence electrons. The Balaban J connectivity index is 1.63. The van der Waals surface area contributed by atoms with Crippen molar-refractivity contribution in [2.75, 3.05) is 39.8 Å². The Hall–Kier alpha value is -1.92. The highest BCUT2D eigenvalue weighted by Crippen LogP contribution is 2.21. The topological polar surface area (TPSA) is 64.1 Å². The van der Waals surface area contributed by atoms with Gasteiger partial charge in [0.1, 0.15) is 12.1 Å². The van der Waals surface area contributed by atoms with Crippen molar-refractivity contribution in [3.63, 3.8) is 0 Å². The van der Waals surface area contributed by atoms with Crippen LogP contribution >= 0.6 is 0 Å². The number of rotatable bonds is 4. The molecule has 2 aliphatic heterocycles. The summed E-state index contributed by atoms with van der Waals surface area (Å²) in [6.07, 6.45) is 0.935. The lowest BCUT2D eigenvalue weighted by molar-refractivity contribution is -0.165.